The molecule has 1 unspecified atom stereocenters. The molecule has 1 aliphatic heterocycles. The highest BCUT2D eigenvalue weighted by molar-refractivity contribution is 8.00. The number of ether oxygens (including phenoxy) is 3. The summed E-state index contributed by atoms with van der Waals surface area (Å²) in [6.07, 6.45) is 0. The zero-order valence-corrected chi connectivity index (χ0v) is 18.3. The topological polar surface area (TPSA) is 117 Å². The number of hydrogen-bond donors (Lipinski definition) is 1. The van der Waals surface area contributed by atoms with E-state index in [9.17, 15) is 9.59 Å². The lowest BCUT2D eigenvalue weighted by atomic mass is 10.1. The molecule has 9 nitrogen and oxygen atoms in total. The molecule has 0 radical (unpaired) electrons. The zero-order chi connectivity index (χ0) is 22.1. The number of thioether (sulfide) groups is 1. The van der Waals surface area contributed by atoms with Gasteiger partial charge in [-0.1, -0.05) is 11.8 Å². The molecule has 1 aliphatic rings. The summed E-state index contributed by atoms with van der Waals surface area (Å²) in [5.41, 5.74) is 2.62. The van der Waals surface area contributed by atoms with Gasteiger partial charge in [0, 0.05) is 11.3 Å². The minimum Gasteiger partial charge on any atom is -0.462 e. The van der Waals surface area contributed by atoms with Crippen LogP contribution < -0.4 is 9.47 Å². The molecular formula is C21H21N3O6S. The normalized spacial score (nSPS) is 13.3. The molecule has 1 aromatic carbocycles. The summed E-state index contributed by atoms with van der Waals surface area (Å²) in [6, 6.07) is 5.34. The molecule has 0 fully saturated rings. The van der Waals surface area contributed by atoms with Crippen LogP contribution in [0.5, 0.6) is 11.5 Å². The standard InChI is InChI=1S/C21H21N3O6S/c1-5-27-20(26)16-10(2)17(22-11(16)3)18(25)12(4)31-21-24-23-19(30-21)13-6-7-14-15(8-13)29-9-28-14/h6-8,12,22H,5,9H2,1-4H3. The Morgan fingerprint density at radius 2 is 2.00 bits per heavy atom. The molecule has 31 heavy (non-hydrogen) atoms. The predicted octanol–water partition coefficient (Wildman–Crippen LogP) is 3.95. The Hall–Kier alpha value is -3.27. The molecule has 0 saturated heterocycles. The number of hydrogen-bond acceptors (Lipinski definition) is 9. The van der Waals surface area contributed by atoms with Gasteiger partial charge < -0.3 is 23.6 Å². The first-order chi connectivity index (χ1) is 14.9. The number of carbonyl (C=O) groups is 2. The van der Waals surface area contributed by atoms with Crippen molar-refractivity contribution >= 4 is 23.5 Å². The molecule has 162 valence electrons. The second-order valence-electron chi connectivity index (χ2n) is 6.91. The summed E-state index contributed by atoms with van der Waals surface area (Å²) in [5.74, 6) is 0.971. The summed E-state index contributed by atoms with van der Waals surface area (Å²) >= 11 is 1.15. The van der Waals surface area contributed by atoms with Gasteiger partial charge in [-0.3, -0.25) is 4.79 Å². The fourth-order valence-corrected chi connectivity index (χ4v) is 4.06. The fraction of sp³-hybridized carbons (Fsp3) is 0.333. The summed E-state index contributed by atoms with van der Waals surface area (Å²) in [6.45, 7) is 7.40. The van der Waals surface area contributed by atoms with Gasteiger partial charge in [-0.15, -0.1) is 10.2 Å². The molecule has 10 heteroatoms. The third-order valence-corrected chi connectivity index (χ3v) is 5.77. The predicted molar refractivity (Wildman–Crippen MR) is 112 cm³/mol. The zero-order valence-electron chi connectivity index (χ0n) is 17.5. The fourth-order valence-electron chi connectivity index (χ4n) is 3.32. The van der Waals surface area contributed by atoms with Crippen LogP contribution in [0.3, 0.4) is 0 Å². The molecule has 3 heterocycles. The number of ketones is 1. The number of nitrogens with one attached hydrogen (secondary N) is 1. The second-order valence-corrected chi connectivity index (χ2v) is 8.20. The van der Waals surface area contributed by atoms with Gasteiger partial charge in [-0.2, -0.15) is 0 Å². The smallest absolute Gasteiger partial charge is 0.340 e. The van der Waals surface area contributed by atoms with E-state index in [1.807, 2.05) is 0 Å². The lowest BCUT2D eigenvalue weighted by molar-refractivity contribution is 0.0525. The van der Waals surface area contributed by atoms with E-state index in [1.165, 1.54) is 0 Å². The summed E-state index contributed by atoms with van der Waals surface area (Å²) in [4.78, 5) is 28.2. The van der Waals surface area contributed by atoms with Gasteiger partial charge in [0.05, 0.1) is 23.1 Å². The summed E-state index contributed by atoms with van der Waals surface area (Å²) < 4.78 is 21.5. The van der Waals surface area contributed by atoms with E-state index in [-0.39, 0.29) is 24.4 Å². The van der Waals surface area contributed by atoms with Crippen molar-refractivity contribution < 1.29 is 28.2 Å². The molecule has 0 spiro atoms. The maximum Gasteiger partial charge on any atom is 0.340 e. The van der Waals surface area contributed by atoms with E-state index in [4.69, 9.17) is 18.6 Å². The van der Waals surface area contributed by atoms with Crippen molar-refractivity contribution in [1.82, 2.24) is 15.2 Å². The number of carbonyl (C=O) groups excluding carboxylic acids is 2. The molecule has 0 aliphatic carbocycles. The van der Waals surface area contributed by atoms with Gasteiger partial charge in [-0.25, -0.2) is 4.79 Å². The van der Waals surface area contributed by atoms with E-state index in [2.05, 4.69) is 15.2 Å². The maximum atomic E-state index is 13.0. The minimum atomic E-state index is -0.517. The number of nitrogens with zero attached hydrogens (tertiary/aromatic N) is 2. The average Bonchev–Trinajstić information content (AvgIpc) is 3.46. The van der Waals surface area contributed by atoms with Crippen molar-refractivity contribution in [3.8, 4) is 23.0 Å². The molecule has 1 atom stereocenters. The highest BCUT2D eigenvalue weighted by atomic mass is 32.2. The van der Waals surface area contributed by atoms with Crippen LogP contribution >= 0.6 is 11.8 Å². The number of rotatable bonds is 7. The number of aromatic amines is 1. The van der Waals surface area contributed by atoms with Crippen LogP contribution in [0.15, 0.2) is 27.8 Å². The lowest BCUT2D eigenvalue weighted by Crippen LogP contribution is -2.15. The molecule has 4 rings (SSSR count). The van der Waals surface area contributed by atoms with Crippen LogP contribution in [0.2, 0.25) is 0 Å². The Bertz CT molecular complexity index is 1150. The molecule has 0 amide bonds. The van der Waals surface area contributed by atoms with Crippen LogP contribution in [-0.4, -0.2) is 45.6 Å². The van der Waals surface area contributed by atoms with Gasteiger partial charge in [0.1, 0.15) is 0 Å². The largest absolute Gasteiger partial charge is 0.462 e. The van der Waals surface area contributed by atoms with Crippen LogP contribution in [-0.2, 0) is 4.74 Å². The van der Waals surface area contributed by atoms with Crippen LogP contribution in [0, 0.1) is 13.8 Å². The average molecular weight is 443 g/mol. The van der Waals surface area contributed by atoms with Crippen LogP contribution in [0.4, 0.5) is 0 Å². The van der Waals surface area contributed by atoms with Crippen LogP contribution in [0.1, 0.15) is 46.0 Å². The number of fused-ring (bicyclic) bond motifs is 1. The lowest BCUT2D eigenvalue weighted by Gasteiger charge is -2.07. The van der Waals surface area contributed by atoms with Crippen molar-refractivity contribution in [2.24, 2.45) is 0 Å². The number of esters is 1. The number of H-pyrrole nitrogens is 1. The Labute approximate surface area is 182 Å². The van der Waals surface area contributed by atoms with E-state index in [0.717, 1.165) is 11.8 Å². The highest BCUT2D eigenvalue weighted by Gasteiger charge is 2.27. The maximum absolute atomic E-state index is 13.0. The van der Waals surface area contributed by atoms with Gasteiger partial charge in [0.2, 0.25) is 12.7 Å². The highest BCUT2D eigenvalue weighted by Crippen LogP contribution is 2.36. The van der Waals surface area contributed by atoms with Crippen LogP contribution in [0.25, 0.3) is 11.5 Å². The molecule has 2 aromatic heterocycles. The quantitative estimate of drug-likeness (QED) is 0.329. The first-order valence-corrected chi connectivity index (χ1v) is 10.6. The van der Waals surface area contributed by atoms with E-state index >= 15 is 0 Å². The number of aryl methyl sites for hydroxylation is 1. The van der Waals surface area contributed by atoms with Gasteiger partial charge in [-0.05, 0) is 51.5 Å². The van der Waals surface area contributed by atoms with E-state index in [0.29, 0.717) is 45.5 Å². The number of Topliss-reactive ketones (excluding diaryl/α,β-unsaturated/α-hetero) is 1. The Balaban J connectivity index is 1.49. The molecule has 3 aromatic rings. The van der Waals surface area contributed by atoms with Crippen molar-refractivity contribution in [2.45, 2.75) is 38.2 Å². The van der Waals surface area contributed by atoms with Crippen molar-refractivity contribution in [3.05, 3.63) is 40.7 Å². The SMILES string of the molecule is CCOC(=O)c1c(C)[nH]c(C(=O)C(C)Sc2nnc(-c3ccc4c(c3)OCO4)o2)c1C. The monoisotopic (exact) mass is 443 g/mol. The molecular weight excluding hydrogens is 422 g/mol. The Kier molecular flexibility index (Phi) is 5.73. The molecule has 0 saturated carbocycles. The van der Waals surface area contributed by atoms with Gasteiger partial charge >= 0.3 is 5.97 Å². The third kappa shape index (κ3) is 4.02. The van der Waals surface area contributed by atoms with Crippen molar-refractivity contribution in [2.75, 3.05) is 13.4 Å². The Morgan fingerprint density at radius 1 is 1.23 bits per heavy atom. The summed E-state index contributed by atoms with van der Waals surface area (Å²) in [7, 11) is 0. The van der Waals surface area contributed by atoms with E-state index < -0.39 is 11.2 Å². The molecule has 0 bridgehead atoms. The van der Waals surface area contributed by atoms with E-state index in [1.54, 1.807) is 45.9 Å². The van der Waals surface area contributed by atoms with Gasteiger partial charge in [0.15, 0.2) is 17.3 Å². The second kappa shape index (κ2) is 8.46. The van der Waals surface area contributed by atoms with Gasteiger partial charge in [0.25, 0.3) is 5.22 Å². The first-order valence-electron chi connectivity index (χ1n) is 9.69. The number of benzene rings is 1. The third-order valence-electron chi connectivity index (χ3n) is 4.84. The Morgan fingerprint density at radius 3 is 2.77 bits per heavy atom. The van der Waals surface area contributed by atoms with Crippen molar-refractivity contribution in [3.63, 3.8) is 0 Å². The number of aromatic nitrogens is 3. The molecule has 1 N–H and O–H groups in total. The first kappa shape index (κ1) is 21.0. The van der Waals surface area contributed by atoms with Crippen molar-refractivity contribution in [1.29, 1.82) is 0 Å². The minimum absolute atomic E-state index is 0.177. The summed E-state index contributed by atoms with van der Waals surface area (Å²) in [5, 5.41) is 7.85.